The van der Waals surface area contributed by atoms with Gasteiger partial charge in [-0.05, 0) is 68.8 Å². The van der Waals surface area contributed by atoms with Crippen molar-refractivity contribution in [3.8, 4) is 0 Å². The van der Waals surface area contributed by atoms with Crippen molar-refractivity contribution in [2.45, 2.75) is 44.8 Å². The van der Waals surface area contributed by atoms with Crippen LogP contribution in [0.1, 0.15) is 34.5 Å². The van der Waals surface area contributed by atoms with Crippen molar-refractivity contribution < 1.29 is 4.74 Å². The number of likely N-dealkylation sites (tertiary alicyclic amines) is 1. The molecule has 1 N–H and O–H groups in total. The quantitative estimate of drug-likeness (QED) is 0.759. The highest BCUT2D eigenvalue weighted by Crippen LogP contribution is 2.49. The number of methoxy groups -OCH3 is 1. The van der Waals surface area contributed by atoms with Gasteiger partial charge in [0.2, 0.25) is 0 Å². The maximum atomic E-state index is 6.43. The van der Waals surface area contributed by atoms with Crippen LogP contribution in [0.15, 0.2) is 24.4 Å². The fraction of sp³-hybridized carbons (Fsp3) is 0.522. The van der Waals surface area contributed by atoms with Crippen LogP contribution < -0.4 is 0 Å². The number of aromatic nitrogens is 3. The SMILES string of the molecule is CO[C@]12C[C@@H](Cc3c(C)nn(C)c3C)CN(C)[C@@H]1Cc1c[nH]c3cccc2c13. The summed E-state index contributed by atoms with van der Waals surface area (Å²) >= 11 is 0. The lowest BCUT2D eigenvalue weighted by Crippen LogP contribution is -2.59. The number of aryl methyl sites for hydroxylation is 2. The number of piperidine rings is 1. The average molecular weight is 379 g/mol. The molecule has 1 aliphatic carbocycles. The Hall–Kier alpha value is -2.11. The first kappa shape index (κ1) is 18.0. The zero-order valence-electron chi connectivity index (χ0n) is 17.5. The maximum absolute atomic E-state index is 6.43. The predicted molar refractivity (Wildman–Crippen MR) is 112 cm³/mol. The number of hydrogen-bond donors (Lipinski definition) is 1. The second-order valence-electron chi connectivity index (χ2n) is 8.84. The van der Waals surface area contributed by atoms with Gasteiger partial charge >= 0.3 is 0 Å². The molecule has 28 heavy (non-hydrogen) atoms. The third-order valence-corrected chi connectivity index (χ3v) is 7.38. The number of likely N-dealkylation sites (N-methyl/N-ethyl adjacent to an activating group) is 1. The minimum absolute atomic E-state index is 0.254. The van der Waals surface area contributed by atoms with Crippen molar-refractivity contribution >= 4 is 10.9 Å². The van der Waals surface area contributed by atoms with Gasteiger partial charge in [0.15, 0.2) is 0 Å². The minimum Gasteiger partial charge on any atom is -0.372 e. The van der Waals surface area contributed by atoms with E-state index in [1.807, 2.05) is 18.8 Å². The van der Waals surface area contributed by atoms with Gasteiger partial charge < -0.3 is 9.72 Å². The molecule has 0 radical (unpaired) electrons. The lowest BCUT2D eigenvalue weighted by molar-refractivity contribution is -0.125. The number of hydrogen-bond acceptors (Lipinski definition) is 3. The highest BCUT2D eigenvalue weighted by Gasteiger charge is 2.51. The van der Waals surface area contributed by atoms with Crippen molar-refractivity contribution in [2.24, 2.45) is 13.0 Å². The number of ether oxygens (including phenoxy) is 1. The van der Waals surface area contributed by atoms with Gasteiger partial charge in [0.05, 0.1) is 5.69 Å². The molecule has 2 aromatic heterocycles. The van der Waals surface area contributed by atoms with E-state index in [4.69, 9.17) is 4.74 Å². The van der Waals surface area contributed by atoms with Crippen LogP contribution in [-0.2, 0) is 30.2 Å². The molecule has 3 atom stereocenters. The van der Waals surface area contributed by atoms with Crippen LogP contribution in [0.2, 0.25) is 0 Å². The molecule has 0 saturated carbocycles. The molecule has 5 rings (SSSR count). The molecule has 0 bridgehead atoms. The summed E-state index contributed by atoms with van der Waals surface area (Å²) in [5.41, 5.74) is 7.61. The lowest BCUT2D eigenvalue weighted by Gasteiger charge is -2.53. The molecule has 3 aromatic rings. The number of H-pyrrole nitrogens is 1. The molecule has 0 amide bonds. The Kier molecular flexibility index (Phi) is 3.97. The predicted octanol–water partition coefficient (Wildman–Crippen LogP) is 3.48. The van der Waals surface area contributed by atoms with E-state index in [1.165, 1.54) is 33.3 Å². The van der Waals surface area contributed by atoms with Crippen LogP contribution in [0.3, 0.4) is 0 Å². The second-order valence-corrected chi connectivity index (χ2v) is 8.84. The summed E-state index contributed by atoms with van der Waals surface area (Å²) in [5.74, 6) is 0.540. The summed E-state index contributed by atoms with van der Waals surface area (Å²) in [4.78, 5) is 6.00. The monoisotopic (exact) mass is 378 g/mol. The van der Waals surface area contributed by atoms with Gasteiger partial charge in [0.1, 0.15) is 5.60 Å². The normalized spacial score (nSPS) is 27.3. The van der Waals surface area contributed by atoms with Gasteiger partial charge in [-0.1, -0.05) is 12.1 Å². The average Bonchev–Trinajstić information content (AvgIpc) is 3.20. The molecule has 0 unspecified atom stereocenters. The van der Waals surface area contributed by atoms with Crippen LogP contribution in [0.25, 0.3) is 10.9 Å². The zero-order valence-corrected chi connectivity index (χ0v) is 17.5. The van der Waals surface area contributed by atoms with Crippen molar-refractivity contribution in [1.82, 2.24) is 19.7 Å². The van der Waals surface area contributed by atoms with E-state index in [-0.39, 0.29) is 5.60 Å². The first-order valence-electron chi connectivity index (χ1n) is 10.3. The fourth-order valence-electron chi connectivity index (χ4n) is 5.98. The Bertz CT molecular complexity index is 1050. The smallest absolute Gasteiger partial charge is 0.109 e. The van der Waals surface area contributed by atoms with Crippen molar-refractivity contribution in [2.75, 3.05) is 20.7 Å². The summed E-state index contributed by atoms with van der Waals surface area (Å²) in [7, 11) is 6.21. The van der Waals surface area contributed by atoms with Crippen LogP contribution in [0.4, 0.5) is 0 Å². The number of aromatic amines is 1. The first-order valence-corrected chi connectivity index (χ1v) is 10.3. The summed E-state index contributed by atoms with van der Waals surface area (Å²) < 4.78 is 8.44. The zero-order chi connectivity index (χ0) is 19.6. The van der Waals surface area contributed by atoms with Gasteiger partial charge in [-0.3, -0.25) is 9.58 Å². The second kappa shape index (κ2) is 6.19. The first-order chi connectivity index (χ1) is 13.4. The lowest BCUT2D eigenvalue weighted by atomic mass is 9.68. The van der Waals surface area contributed by atoms with Crippen LogP contribution in [-0.4, -0.2) is 46.4 Å². The Morgan fingerprint density at radius 1 is 1.29 bits per heavy atom. The van der Waals surface area contributed by atoms with Crippen molar-refractivity contribution in [3.63, 3.8) is 0 Å². The molecule has 3 heterocycles. The van der Waals surface area contributed by atoms with Crippen molar-refractivity contribution in [3.05, 3.63) is 52.5 Å². The molecule has 1 aliphatic heterocycles. The number of fused-ring (bicyclic) bond motifs is 2. The number of benzene rings is 1. The molecule has 5 nitrogen and oxygen atoms in total. The highest BCUT2D eigenvalue weighted by molar-refractivity contribution is 5.88. The molecule has 148 valence electrons. The minimum atomic E-state index is -0.254. The van der Waals surface area contributed by atoms with E-state index in [0.29, 0.717) is 12.0 Å². The van der Waals surface area contributed by atoms with Crippen molar-refractivity contribution in [1.29, 1.82) is 0 Å². The van der Waals surface area contributed by atoms with Crippen LogP contribution in [0.5, 0.6) is 0 Å². The number of nitrogens with zero attached hydrogens (tertiary/aromatic N) is 3. The molecular formula is C23H30N4O. The molecule has 1 saturated heterocycles. The van der Waals surface area contributed by atoms with E-state index in [2.05, 4.69) is 60.3 Å². The molecule has 2 aliphatic rings. The van der Waals surface area contributed by atoms with Gasteiger partial charge in [-0.25, -0.2) is 0 Å². The van der Waals surface area contributed by atoms with Gasteiger partial charge in [-0.2, -0.15) is 5.10 Å². The Balaban J connectivity index is 1.58. The third-order valence-electron chi connectivity index (χ3n) is 7.38. The molecule has 1 fully saturated rings. The fourth-order valence-corrected chi connectivity index (χ4v) is 5.98. The summed E-state index contributed by atoms with van der Waals surface area (Å²) in [6.07, 6.45) is 5.34. The maximum Gasteiger partial charge on any atom is 0.109 e. The molecule has 1 aromatic carbocycles. The largest absolute Gasteiger partial charge is 0.372 e. The van der Waals surface area contributed by atoms with Gasteiger partial charge in [0.25, 0.3) is 0 Å². The van der Waals surface area contributed by atoms with E-state index in [1.54, 1.807) is 0 Å². The molecule has 0 spiro atoms. The number of nitrogens with one attached hydrogen (secondary N) is 1. The van der Waals surface area contributed by atoms with E-state index in [9.17, 15) is 0 Å². The standard InChI is InChI=1S/C23H30N4O/c1-14-18(15(2)27(4)25-14)9-16-11-23(28-5)19-7-6-8-20-22(19)17(12-24-20)10-21(23)26(3)13-16/h6-8,12,16,21,24H,9-11,13H2,1-5H3/t16-,21-,23+/m1/s1. The van der Waals surface area contributed by atoms with Crippen LogP contribution in [0, 0.1) is 19.8 Å². The van der Waals surface area contributed by atoms with Crippen LogP contribution >= 0.6 is 0 Å². The third kappa shape index (κ3) is 2.36. The topological polar surface area (TPSA) is 46.1 Å². The number of rotatable bonds is 3. The Morgan fingerprint density at radius 2 is 2.11 bits per heavy atom. The molecular weight excluding hydrogens is 348 g/mol. The Morgan fingerprint density at radius 3 is 2.82 bits per heavy atom. The van der Waals surface area contributed by atoms with E-state index >= 15 is 0 Å². The highest BCUT2D eigenvalue weighted by atomic mass is 16.5. The summed E-state index contributed by atoms with van der Waals surface area (Å²) in [6.45, 7) is 5.42. The Labute approximate surface area is 166 Å². The van der Waals surface area contributed by atoms with Gasteiger partial charge in [-0.15, -0.1) is 0 Å². The van der Waals surface area contributed by atoms with Gasteiger partial charge in [0, 0.05) is 49.5 Å². The molecule has 5 heteroatoms. The van der Waals surface area contributed by atoms with E-state index < -0.39 is 0 Å². The van der Waals surface area contributed by atoms with E-state index in [0.717, 1.165) is 31.5 Å². The summed E-state index contributed by atoms with van der Waals surface area (Å²) in [5, 5.41) is 6.01. The summed E-state index contributed by atoms with van der Waals surface area (Å²) in [6, 6.07) is 7.00.